The van der Waals surface area contributed by atoms with E-state index in [4.69, 9.17) is 5.26 Å². The Hall–Kier alpha value is -3.63. The Bertz CT molecular complexity index is 1230. The quantitative estimate of drug-likeness (QED) is 0.667. The molecule has 7 nitrogen and oxygen atoms in total. The highest BCUT2D eigenvalue weighted by Crippen LogP contribution is 2.37. The maximum Gasteiger partial charge on any atom is 0.254 e. The molecule has 2 aromatic carbocycles. The average Bonchev–Trinajstić information content (AvgIpc) is 3.47. The number of carbonyl (C=O) groups is 2. The Labute approximate surface area is 185 Å². The number of hydrogen-bond donors (Lipinski definition) is 2. The predicted molar refractivity (Wildman–Crippen MR) is 120 cm³/mol. The normalized spacial score (nSPS) is 17.2. The van der Waals surface area contributed by atoms with Gasteiger partial charge in [-0.1, -0.05) is 18.2 Å². The first-order valence-corrected chi connectivity index (χ1v) is 10.9. The molecule has 2 N–H and O–H groups in total. The second-order valence-electron chi connectivity index (χ2n) is 8.60. The number of H-pyrrole nitrogens is 1. The van der Waals surface area contributed by atoms with Crippen LogP contribution in [0.4, 0.5) is 0 Å². The molecule has 0 unspecified atom stereocenters. The molecule has 2 amide bonds. The summed E-state index contributed by atoms with van der Waals surface area (Å²) in [6.07, 6.45) is 3.30. The molecule has 3 aromatic rings. The molecule has 7 heteroatoms. The van der Waals surface area contributed by atoms with Crippen LogP contribution in [-0.2, 0) is 11.2 Å². The average molecular weight is 428 g/mol. The predicted octanol–water partition coefficient (Wildman–Crippen LogP) is 2.71. The van der Waals surface area contributed by atoms with Crippen LogP contribution in [0.1, 0.15) is 28.8 Å². The molecule has 1 saturated carbocycles. The zero-order valence-electron chi connectivity index (χ0n) is 17.7. The number of nitrogens with one attached hydrogen (secondary N) is 1. The Morgan fingerprint density at radius 1 is 1.00 bits per heavy atom. The van der Waals surface area contributed by atoms with Crippen molar-refractivity contribution < 1.29 is 14.7 Å². The molecule has 162 valence electrons. The summed E-state index contributed by atoms with van der Waals surface area (Å²) < 4.78 is 0. The zero-order valence-corrected chi connectivity index (χ0v) is 17.7. The van der Waals surface area contributed by atoms with Crippen molar-refractivity contribution in [3.8, 4) is 17.2 Å². The van der Waals surface area contributed by atoms with Gasteiger partial charge < -0.3 is 19.9 Å². The van der Waals surface area contributed by atoms with Gasteiger partial charge in [-0.05, 0) is 53.8 Å². The molecule has 1 saturated heterocycles. The van der Waals surface area contributed by atoms with Crippen LogP contribution in [0.15, 0.2) is 48.7 Å². The molecule has 2 fully saturated rings. The number of aliphatic hydroxyl groups is 1. The largest absolute Gasteiger partial charge is 0.380 e. The number of aromatic nitrogens is 1. The molecule has 2 heterocycles. The van der Waals surface area contributed by atoms with Crippen LogP contribution in [-0.4, -0.2) is 63.5 Å². The maximum atomic E-state index is 12.9. The summed E-state index contributed by atoms with van der Waals surface area (Å²) in [4.78, 5) is 31.8. The third kappa shape index (κ3) is 3.63. The van der Waals surface area contributed by atoms with Crippen molar-refractivity contribution >= 4 is 22.7 Å². The van der Waals surface area contributed by atoms with E-state index in [1.165, 1.54) is 0 Å². The molecule has 5 rings (SSSR count). The number of fused-ring (bicyclic) bond motifs is 1. The summed E-state index contributed by atoms with van der Waals surface area (Å²) in [5.41, 5.74) is 3.46. The lowest BCUT2D eigenvalue weighted by atomic mass is 10.0. The molecule has 1 aliphatic heterocycles. The molecular weight excluding hydrogens is 404 g/mol. The highest BCUT2D eigenvalue weighted by molar-refractivity contribution is 5.95. The van der Waals surface area contributed by atoms with E-state index < -0.39 is 5.60 Å². The monoisotopic (exact) mass is 428 g/mol. The summed E-state index contributed by atoms with van der Waals surface area (Å²) in [6.45, 7) is 1.84. The van der Waals surface area contributed by atoms with Gasteiger partial charge >= 0.3 is 0 Å². The molecule has 0 radical (unpaired) electrons. The second-order valence-corrected chi connectivity index (χ2v) is 8.60. The third-order valence-corrected chi connectivity index (χ3v) is 6.48. The van der Waals surface area contributed by atoms with Crippen molar-refractivity contribution in [2.24, 2.45) is 0 Å². The molecule has 2 aliphatic rings. The molecule has 0 atom stereocenters. The number of aromatic amines is 1. The smallest absolute Gasteiger partial charge is 0.254 e. The number of piperazine rings is 1. The zero-order chi connectivity index (χ0) is 22.3. The lowest BCUT2D eigenvalue weighted by Gasteiger charge is -2.35. The van der Waals surface area contributed by atoms with Gasteiger partial charge in [0.2, 0.25) is 0 Å². The summed E-state index contributed by atoms with van der Waals surface area (Å²) in [6, 6.07) is 15.8. The second kappa shape index (κ2) is 7.81. The molecular formula is C25H24N4O3. The van der Waals surface area contributed by atoms with Crippen molar-refractivity contribution in [1.29, 1.82) is 5.26 Å². The standard InChI is InChI=1S/C25H24N4O3/c26-10-7-20-16-27-22-6-5-19(15-21(20)22)17-1-3-18(4-2-17)23(30)28-11-13-29(14-12-28)24(31)25(32)8-9-25/h1-6,15-16,27,32H,7-9,11-14H2. The van der Waals surface area contributed by atoms with Gasteiger partial charge in [0.1, 0.15) is 5.60 Å². The van der Waals surface area contributed by atoms with Crippen molar-refractivity contribution in [2.45, 2.75) is 24.9 Å². The number of hydrogen-bond acceptors (Lipinski definition) is 4. The molecule has 1 aliphatic carbocycles. The van der Waals surface area contributed by atoms with Gasteiger partial charge in [0, 0.05) is 48.8 Å². The van der Waals surface area contributed by atoms with E-state index >= 15 is 0 Å². The van der Waals surface area contributed by atoms with Crippen LogP contribution in [0, 0.1) is 11.3 Å². The van der Waals surface area contributed by atoms with E-state index in [0.29, 0.717) is 51.0 Å². The van der Waals surface area contributed by atoms with Crippen molar-refractivity contribution in [2.75, 3.05) is 26.2 Å². The summed E-state index contributed by atoms with van der Waals surface area (Å²) in [5.74, 6) is -0.252. The minimum atomic E-state index is -1.15. The lowest BCUT2D eigenvalue weighted by Crippen LogP contribution is -2.53. The SMILES string of the molecule is N#CCc1c[nH]c2ccc(-c3ccc(C(=O)N4CCN(C(=O)C5(O)CC5)CC4)cc3)cc12. The van der Waals surface area contributed by atoms with E-state index in [2.05, 4.69) is 17.1 Å². The third-order valence-electron chi connectivity index (χ3n) is 6.48. The molecule has 0 bridgehead atoms. The van der Waals surface area contributed by atoms with Crippen molar-refractivity contribution in [3.63, 3.8) is 0 Å². The number of nitrogens with zero attached hydrogens (tertiary/aromatic N) is 3. The van der Waals surface area contributed by atoms with Gasteiger partial charge in [-0.25, -0.2) is 0 Å². The highest BCUT2D eigenvalue weighted by Gasteiger charge is 2.50. The van der Waals surface area contributed by atoms with E-state index in [1.54, 1.807) is 9.80 Å². The van der Waals surface area contributed by atoms with Gasteiger partial charge in [-0.2, -0.15) is 5.26 Å². The summed E-state index contributed by atoms with van der Waals surface area (Å²) >= 11 is 0. The van der Waals surface area contributed by atoms with Gasteiger partial charge in [-0.15, -0.1) is 0 Å². The number of benzene rings is 2. The Morgan fingerprint density at radius 2 is 1.66 bits per heavy atom. The van der Waals surface area contributed by atoms with Crippen LogP contribution < -0.4 is 0 Å². The molecule has 1 aromatic heterocycles. The van der Waals surface area contributed by atoms with Gasteiger partial charge in [0.05, 0.1) is 12.5 Å². The van der Waals surface area contributed by atoms with Gasteiger partial charge in [-0.3, -0.25) is 9.59 Å². The Kier molecular flexibility index (Phi) is 4.95. The summed E-state index contributed by atoms with van der Waals surface area (Å²) in [5, 5.41) is 20.1. The number of nitriles is 1. The molecule has 0 spiro atoms. The van der Waals surface area contributed by atoms with Crippen LogP contribution >= 0.6 is 0 Å². The minimum Gasteiger partial charge on any atom is -0.380 e. The van der Waals surface area contributed by atoms with Crippen molar-refractivity contribution in [1.82, 2.24) is 14.8 Å². The van der Waals surface area contributed by atoms with Crippen molar-refractivity contribution in [3.05, 3.63) is 59.8 Å². The first-order chi connectivity index (χ1) is 15.5. The number of amides is 2. The number of carbonyl (C=O) groups excluding carboxylic acids is 2. The minimum absolute atomic E-state index is 0.0498. The Balaban J connectivity index is 1.27. The highest BCUT2D eigenvalue weighted by atomic mass is 16.3. The van der Waals surface area contributed by atoms with Crippen LogP contribution in [0.3, 0.4) is 0 Å². The van der Waals surface area contributed by atoms with E-state index in [-0.39, 0.29) is 11.8 Å². The lowest BCUT2D eigenvalue weighted by molar-refractivity contribution is -0.143. The topological polar surface area (TPSA) is 100 Å². The first kappa shape index (κ1) is 20.3. The number of rotatable bonds is 4. The van der Waals surface area contributed by atoms with Gasteiger partial charge in [0.15, 0.2) is 0 Å². The van der Waals surface area contributed by atoms with Gasteiger partial charge in [0.25, 0.3) is 11.8 Å². The fourth-order valence-electron chi connectivity index (χ4n) is 4.32. The van der Waals surface area contributed by atoms with E-state index in [0.717, 1.165) is 27.6 Å². The first-order valence-electron chi connectivity index (χ1n) is 10.9. The Morgan fingerprint density at radius 3 is 2.31 bits per heavy atom. The molecule has 32 heavy (non-hydrogen) atoms. The van der Waals surface area contributed by atoms with E-state index in [1.807, 2.05) is 42.6 Å². The maximum absolute atomic E-state index is 12.9. The summed E-state index contributed by atoms with van der Waals surface area (Å²) in [7, 11) is 0. The fraction of sp³-hybridized carbons (Fsp3) is 0.320. The van der Waals surface area contributed by atoms with Crippen LogP contribution in [0.2, 0.25) is 0 Å². The van der Waals surface area contributed by atoms with Crippen LogP contribution in [0.5, 0.6) is 0 Å². The fourth-order valence-corrected chi connectivity index (χ4v) is 4.32. The van der Waals surface area contributed by atoms with Crippen LogP contribution in [0.25, 0.3) is 22.0 Å². The van der Waals surface area contributed by atoms with E-state index in [9.17, 15) is 14.7 Å².